The first-order valence-corrected chi connectivity index (χ1v) is 4.87. The van der Waals surface area contributed by atoms with Crippen molar-refractivity contribution in [2.45, 2.75) is 26.0 Å². The molecule has 0 bridgehead atoms. The Kier molecular flexibility index (Phi) is 6.13. The minimum Gasteiger partial charge on any atom is -0.461 e. The smallest absolute Gasteiger partial charge is 0.407 e. The molecule has 16 heavy (non-hydrogen) atoms. The Balaban J connectivity index is 0.00000225. The SMILES string of the molecule is CC(C)[C@H](N)C(=O)OC[C@H]1CNC(=O)O1.Cl. The van der Waals surface area contributed by atoms with Crippen LogP contribution in [0.1, 0.15) is 13.8 Å². The highest BCUT2D eigenvalue weighted by Gasteiger charge is 2.25. The number of alkyl carbamates (subject to hydrolysis) is 1. The minimum absolute atomic E-state index is 0. The van der Waals surface area contributed by atoms with Crippen molar-refractivity contribution in [1.82, 2.24) is 5.32 Å². The van der Waals surface area contributed by atoms with Gasteiger partial charge in [0.1, 0.15) is 12.6 Å². The molecule has 0 aromatic rings. The van der Waals surface area contributed by atoms with Gasteiger partial charge < -0.3 is 20.5 Å². The summed E-state index contributed by atoms with van der Waals surface area (Å²) >= 11 is 0. The molecule has 0 aliphatic carbocycles. The molecule has 2 atom stereocenters. The lowest BCUT2D eigenvalue weighted by Gasteiger charge is -2.15. The number of hydrogen-bond acceptors (Lipinski definition) is 5. The molecule has 1 amide bonds. The highest BCUT2D eigenvalue weighted by molar-refractivity contribution is 5.85. The number of halogens is 1. The van der Waals surface area contributed by atoms with Crippen molar-refractivity contribution in [1.29, 1.82) is 0 Å². The van der Waals surface area contributed by atoms with Crippen LogP contribution in [0.2, 0.25) is 0 Å². The quantitative estimate of drug-likeness (QED) is 0.690. The number of carbonyl (C=O) groups excluding carboxylic acids is 2. The first kappa shape index (κ1) is 15.0. The molecule has 0 unspecified atom stereocenters. The summed E-state index contributed by atoms with van der Waals surface area (Å²) in [5.41, 5.74) is 5.57. The third-order valence-electron chi connectivity index (χ3n) is 2.15. The fraction of sp³-hybridized carbons (Fsp3) is 0.778. The monoisotopic (exact) mass is 252 g/mol. The molecule has 1 aliphatic heterocycles. The van der Waals surface area contributed by atoms with Crippen molar-refractivity contribution in [3.63, 3.8) is 0 Å². The standard InChI is InChI=1S/C9H16N2O4.ClH/c1-5(2)7(10)8(12)14-4-6-3-11-9(13)15-6;/h5-7H,3-4,10H2,1-2H3,(H,11,13);1H/t6-,7+;/m1./s1. The van der Waals surface area contributed by atoms with Crippen molar-refractivity contribution < 1.29 is 19.1 Å². The van der Waals surface area contributed by atoms with Gasteiger partial charge in [0, 0.05) is 0 Å². The van der Waals surface area contributed by atoms with Crippen LogP contribution in [-0.2, 0) is 14.3 Å². The number of rotatable bonds is 4. The average Bonchev–Trinajstić information content (AvgIpc) is 2.59. The summed E-state index contributed by atoms with van der Waals surface area (Å²) in [6, 6.07) is -0.630. The van der Waals surface area contributed by atoms with Crippen LogP contribution < -0.4 is 11.1 Å². The van der Waals surface area contributed by atoms with Crippen LogP contribution in [0.25, 0.3) is 0 Å². The highest BCUT2D eigenvalue weighted by atomic mass is 35.5. The number of nitrogens with two attached hydrogens (primary N) is 1. The Hall–Kier alpha value is -1.01. The molecule has 1 fully saturated rings. The number of ether oxygens (including phenoxy) is 2. The van der Waals surface area contributed by atoms with E-state index in [1.807, 2.05) is 13.8 Å². The van der Waals surface area contributed by atoms with Crippen molar-refractivity contribution in [2.24, 2.45) is 11.7 Å². The lowest BCUT2D eigenvalue weighted by molar-refractivity contribution is -0.148. The lowest BCUT2D eigenvalue weighted by Crippen LogP contribution is -2.38. The van der Waals surface area contributed by atoms with Crippen LogP contribution >= 0.6 is 12.4 Å². The van der Waals surface area contributed by atoms with Gasteiger partial charge in [-0.25, -0.2) is 4.79 Å². The molecule has 1 aliphatic rings. The van der Waals surface area contributed by atoms with Gasteiger partial charge in [0.05, 0.1) is 6.54 Å². The van der Waals surface area contributed by atoms with Gasteiger partial charge in [0.15, 0.2) is 6.10 Å². The molecule has 0 saturated carbocycles. The van der Waals surface area contributed by atoms with E-state index < -0.39 is 24.2 Å². The van der Waals surface area contributed by atoms with E-state index in [4.69, 9.17) is 15.2 Å². The van der Waals surface area contributed by atoms with Crippen LogP contribution in [0, 0.1) is 5.92 Å². The summed E-state index contributed by atoms with van der Waals surface area (Å²) in [6.45, 7) is 4.09. The largest absolute Gasteiger partial charge is 0.461 e. The number of esters is 1. The third-order valence-corrected chi connectivity index (χ3v) is 2.15. The molecule has 0 aromatic heterocycles. The fourth-order valence-corrected chi connectivity index (χ4v) is 1.07. The van der Waals surface area contributed by atoms with E-state index in [0.717, 1.165) is 0 Å². The van der Waals surface area contributed by atoms with E-state index in [2.05, 4.69) is 5.32 Å². The van der Waals surface area contributed by atoms with Crippen molar-refractivity contribution in [2.75, 3.05) is 13.2 Å². The average molecular weight is 253 g/mol. The van der Waals surface area contributed by atoms with Gasteiger partial charge in [-0.1, -0.05) is 13.8 Å². The van der Waals surface area contributed by atoms with Crippen LogP contribution in [0.3, 0.4) is 0 Å². The maximum absolute atomic E-state index is 11.3. The highest BCUT2D eigenvalue weighted by Crippen LogP contribution is 2.04. The molecule has 0 radical (unpaired) electrons. The normalized spacial score (nSPS) is 20.8. The van der Waals surface area contributed by atoms with E-state index in [9.17, 15) is 9.59 Å². The van der Waals surface area contributed by atoms with E-state index in [0.29, 0.717) is 6.54 Å². The van der Waals surface area contributed by atoms with Crippen molar-refractivity contribution >= 4 is 24.5 Å². The topological polar surface area (TPSA) is 90.7 Å². The second-order valence-corrected chi connectivity index (χ2v) is 3.81. The van der Waals surface area contributed by atoms with E-state index in [-0.39, 0.29) is 24.9 Å². The van der Waals surface area contributed by atoms with Crippen LogP contribution in [-0.4, -0.2) is 37.4 Å². The summed E-state index contributed by atoms with van der Waals surface area (Å²) in [5.74, 6) is -0.435. The predicted octanol–water partition coefficient (Wildman–Crippen LogP) is 0.0431. The summed E-state index contributed by atoms with van der Waals surface area (Å²) in [7, 11) is 0. The molecule has 6 nitrogen and oxygen atoms in total. The number of nitrogens with one attached hydrogen (secondary N) is 1. The molecule has 0 spiro atoms. The van der Waals surface area contributed by atoms with E-state index in [1.54, 1.807) is 0 Å². The van der Waals surface area contributed by atoms with Crippen LogP contribution in [0.5, 0.6) is 0 Å². The summed E-state index contributed by atoms with van der Waals surface area (Å²) in [5, 5.41) is 2.46. The molecule has 1 saturated heterocycles. The van der Waals surface area contributed by atoms with Gasteiger partial charge in [-0.2, -0.15) is 0 Å². The zero-order valence-electron chi connectivity index (χ0n) is 9.26. The number of carbonyl (C=O) groups is 2. The molecule has 94 valence electrons. The molecule has 7 heteroatoms. The van der Waals surface area contributed by atoms with Crippen LogP contribution in [0.4, 0.5) is 4.79 Å². The summed E-state index contributed by atoms with van der Waals surface area (Å²) < 4.78 is 9.70. The van der Waals surface area contributed by atoms with Gasteiger partial charge in [-0.3, -0.25) is 4.79 Å². The van der Waals surface area contributed by atoms with Gasteiger partial charge >= 0.3 is 12.1 Å². The third kappa shape index (κ3) is 4.24. The predicted molar refractivity (Wildman–Crippen MR) is 59.3 cm³/mol. The van der Waals surface area contributed by atoms with Crippen LogP contribution in [0.15, 0.2) is 0 Å². The molecule has 0 aromatic carbocycles. The molecule has 1 heterocycles. The lowest BCUT2D eigenvalue weighted by atomic mass is 10.1. The van der Waals surface area contributed by atoms with Gasteiger partial charge in [-0.15, -0.1) is 12.4 Å². The Bertz CT molecular complexity index is 260. The fourth-order valence-electron chi connectivity index (χ4n) is 1.07. The Morgan fingerprint density at radius 1 is 1.69 bits per heavy atom. The second-order valence-electron chi connectivity index (χ2n) is 3.81. The zero-order chi connectivity index (χ0) is 11.4. The molecule has 1 rings (SSSR count). The first-order chi connectivity index (χ1) is 7.00. The first-order valence-electron chi connectivity index (χ1n) is 4.87. The van der Waals surface area contributed by atoms with Crippen molar-refractivity contribution in [3.05, 3.63) is 0 Å². The second kappa shape index (κ2) is 6.55. The summed E-state index contributed by atoms with van der Waals surface area (Å²) in [4.78, 5) is 22.0. The molecular weight excluding hydrogens is 236 g/mol. The maximum atomic E-state index is 11.3. The Morgan fingerprint density at radius 3 is 2.75 bits per heavy atom. The van der Waals surface area contributed by atoms with E-state index >= 15 is 0 Å². The maximum Gasteiger partial charge on any atom is 0.407 e. The molecule has 3 N–H and O–H groups in total. The van der Waals surface area contributed by atoms with Gasteiger partial charge in [0.2, 0.25) is 0 Å². The number of hydrogen-bond donors (Lipinski definition) is 2. The van der Waals surface area contributed by atoms with Crippen molar-refractivity contribution in [3.8, 4) is 0 Å². The van der Waals surface area contributed by atoms with E-state index in [1.165, 1.54) is 0 Å². The number of cyclic esters (lactones) is 1. The zero-order valence-corrected chi connectivity index (χ0v) is 10.1. The summed E-state index contributed by atoms with van der Waals surface area (Å²) in [6.07, 6.45) is -0.884. The molecular formula is C9H17ClN2O4. The number of amides is 1. The minimum atomic E-state index is -0.630. The van der Waals surface area contributed by atoms with Gasteiger partial charge in [-0.05, 0) is 5.92 Å². The van der Waals surface area contributed by atoms with Gasteiger partial charge in [0.25, 0.3) is 0 Å². The Morgan fingerprint density at radius 2 is 2.31 bits per heavy atom. The Labute approximate surface area is 100 Å².